The summed E-state index contributed by atoms with van der Waals surface area (Å²) in [5, 5.41) is 12.2. The maximum absolute atomic E-state index is 12.5. The molecule has 2 aromatic heterocycles. The molecule has 0 aliphatic rings. The minimum absolute atomic E-state index is 0.101. The van der Waals surface area contributed by atoms with Crippen LogP contribution in [0.1, 0.15) is 26.5 Å². The molecule has 0 bridgehead atoms. The van der Waals surface area contributed by atoms with Gasteiger partial charge in [0, 0.05) is 23.0 Å². The number of carbonyl (C=O) groups excluding carboxylic acids is 1. The van der Waals surface area contributed by atoms with Gasteiger partial charge in [-0.05, 0) is 31.2 Å². The molecule has 0 atom stereocenters. The highest BCUT2D eigenvalue weighted by Crippen LogP contribution is 2.18. The van der Waals surface area contributed by atoms with Crippen molar-refractivity contribution in [2.24, 2.45) is 0 Å². The number of benzene rings is 1. The lowest BCUT2D eigenvalue weighted by molar-refractivity contribution is 0.0696. The highest BCUT2D eigenvalue weighted by molar-refractivity contribution is 6.30. The molecule has 0 unspecified atom stereocenters. The molecule has 2 N–H and O–H groups in total. The van der Waals surface area contributed by atoms with Crippen LogP contribution in [0.15, 0.2) is 42.6 Å². The lowest BCUT2D eigenvalue weighted by Gasteiger charge is -2.07. The number of aryl methyl sites for hydroxylation is 1. The molecule has 0 fully saturated rings. The average Bonchev–Trinajstić information content (AvgIpc) is 2.82. The average molecular weight is 330 g/mol. The molecule has 2 heterocycles. The van der Waals surface area contributed by atoms with Gasteiger partial charge in [-0.25, -0.2) is 9.78 Å². The summed E-state index contributed by atoms with van der Waals surface area (Å²) in [5.74, 6) is -1.43. The minimum Gasteiger partial charge on any atom is -0.478 e. The monoisotopic (exact) mass is 329 g/mol. The van der Waals surface area contributed by atoms with E-state index in [1.54, 1.807) is 41.8 Å². The molecule has 3 rings (SSSR count). The number of hydrogen-bond donors (Lipinski definition) is 2. The number of hydrogen-bond acceptors (Lipinski definition) is 3. The van der Waals surface area contributed by atoms with Gasteiger partial charge in [0.15, 0.2) is 0 Å². The van der Waals surface area contributed by atoms with Crippen molar-refractivity contribution in [2.75, 3.05) is 5.32 Å². The molecule has 1 aromatic carbocycles. The standard InChI is InChI=1S/C16H12ClN3O3/c1-9-14(20-6-5-11(17)8-13(20)18-9)15(21)19-12-4-2-3-10(7-12)16(22)23/h2-8H,1H3,(H,19,21)(H,22,23). The predicted molar refractivity (Wildman–Crippen MR) is 86.3 cm³/mol. The third-order valence-corrected chi connectivity index (χ3v) is 3.58. The Kier molecular flexibility index (Phi) is 3.75. The summed E-state index contributed by atoms with van der Waals surface area (Å²) in [6.07, 6.45) is 1.67. The number of amides is 1. The van der Waals surface area contributed by atoms with Crippen LogP contribution in [-0.2, 0) is 0 Å². The molecule has 0 aliphatic heterocycles. The van der Waals surface area contributed by atoms with E-state index < -0.39 is 5.97 Å². The summed E-state index contributed by atoms with van der Waals surface area (Å²) in [7, 11) is 0. The van der Waals surface area contributed by atoms with Crippen molar-refractivity contribution in [3.05, 3.63) is 64.6 Å². The molecular weight excluding hydrogens is 318 g/mol. The molecule has 0 spiro atoms. The minimum atomic E-state index is -1.05. The first-order valence-corrected chi connectivity index (χ1v) is 7.12. The summed E-state index contributed by atoms with van der Waals surface area (Å²) < 4.78 is 1.64. The molecule has 7 heteroatoms. The van der Waals surface area contributed by atoms with Crippen LogP contribution in [0.25, 0.3) is 5.65 Å². The fraction of sp³-hybridized carbons (Fsp3) is 0.0625. The van der Waals surface area contributed by atoms with Crippen molar-refractivity contribution in [1.29, 1.82) is 0 Å². The lowest BCUT2D eigenvalue weighted by Crippen LogP contribution is -2.16. The van der Waals surface area contributed by atoms with Gasteiger partial charge < -0.3 is 10.4 Å². The Morgan fingerprint density at radius 3 is 2.78 bits per heavy atom. The molecule has 23 heavy (non-hydrogen) atoms. The number of imidazole rings is 1. The summed E-state index contributed by atoms with van der Waals surface area (Å²) in [6.45, 7) is 1.73. The third-order valence-electron chi connectivity index (χ3n) is 3.34. The van der Waals surface area contributed by atoms with Gasteiger partial charge in [0.1, 0.15) is 11.3 Å². The first-order valence-electron chi connectivity index (χ1n) is 6.74. The van der Waals surface area contributed by atoms with Gasteiger partial charge in [-0.15, -0.1) is 0 Å². The van der Waals surface area contributed by atoms with Gasteiger partial charge in [-0.3, -0.25) is 9.20 Å². The van der Waals surface area contributed by atoms with E-state index >= 15 is 0 Å². The second kappa shape index (κ2) is 5.73. The number of anilines is 1. The normalized spacial score (nSPS) is 10.7. The Balaban J connectivity index is 1.96. The Morgan fingerprint density at radius 2 is 2.04 bits per heavy atom. The van der Waals surface area contributed by atoms with E-state index in [4.69, 9.17) is 16.7 Å². The third kappa shape index (κ3) is 2.89. The molecule has 0 radical (unpaired) electrons. The number of rotatable bonds is 3. The van der Waals surface area contributed by atoms with Gasteiger partial charge in [-0.2, -0.15) is 0 Å². The molecular formula is C16H12ClN3O3. The van der Waals surface area contributed by atoms with Gasteiger partial charge in [0.2, 0.25) is 0 Å². The largest absolute Gasteiger partial charge is 0.478 e. The van der Waals surface area contributed by atoms with E-state index in [2.05, 4.69) is 10.3 Å². The van der Waals surface area contributed by atoms with Crippen LogP contribution in [-0.4, -0.2) is 26.4 Å². The van der Waals surface area contributed by atoms with Crippen molar-refractivity contribution >= 4 is 34.8 Å². The molecule has 0 aliphatic carbocycles. The van der Waals surface area contributed by atoms with Gasteiger partial charge in [0.25, 0.3) is 5.91 Å². The number of carboxylic acid groups (broad SMARTS) is 1. The first-order chi connectivity index (χ1) is 11.0. The number of carbonyl (C=O) groups is 2. The Bertz CT molecular complexity index is 933. The number of fused-ring (bicyclic) bond motifs is 1. The smallest absolute Gasteiger partial charge is 0.335 e. The number of aromatic nitrogens is 2. The number of nitrogens with one attached hydrogen (secondary N) is 1. The maximum atomic E-state index is 12.5. The molecule has 6 nitrogen and oxygen atoms in total. The number of aromatic carboxylic acids is 1. The number of pyridine rings is 1. The second-order valence-corrected chi connectivity index (χ2v) is 5.40. The van der Waals surface area contributed by atoms with E-state index in [9.17, 15) is 9.59 Å². The van der Waals surface area contributed by atoms with Crippen LogP contribution in [0.4, 0.5) is 5.69 Å². The number of halogens is 1. The van der Waals surface area contributed by atoms with Crippen LogP contribution >= 0.6 is 11.6 Å². The quantitative estimate of drug-likeness (QED) is 0.772. The van der Waals surface area contributed by atoms with Crippen molar-refractivity contribution in [3.63, 3.8) is 0 Å². The highest BCUT2D eigenvalue weighted by Gasteiger charge is 2.17. The van der Waals surface area contributed by atoms with Crippen molar-refractivity contribution in [3.8, 4) is 0 Å². The molecule has 0 saturated heterocycles. The van der Waals surface area contributed by atoms with E-state index in [1.807, 2.05) is 0 Å². The molecule has 1 amide bonds. The van der Waals surface area contributed by atoms with Crippen LogP contribution in [0.5, 0.6) is 0 Å². The van der Waals surface area contributed by atoms with Gasteiger partial charge >= 0.3 is 5.97 Å². The predicted octanol–water partition coefficient (Wildman–Crippen LogP) is 3.25. The van der Waals surface area contributed by atoms with Gasteiger partial charge in [-0.1, -0.05) is 17.7 Å². The zero-order valence-electron chi connectivity index (χ0n) is 12.1. The summed E-state index contributed by atoms with van der Waals surface area (Å²) in [4.78, 5) is 27.8. The van der Waals surface area contributed by atoms with Crippen LogP contribution in [0, 0.1) is 6.92 Å². The second-order valence-electron chi connectivity index (χ2n) is 4.96. The lowest BCUT2D eigenvalue weighted by atomic mass is 10.2. The number of carboxylic acids is 1. The van der Waals surface area contributed by atoms with Crippen LogP contribution < -0.4 is 5.32 Å². The van der Waals surface area contributed by atoms with E-state index in [-0.39, 0.29) is 11.5 Å². The highest BCUT2D eigenvalue weighted by atomic mass is 35.5. The van der Waals surface area contributed by atoms with E-state index in [0.29, 0.717) is 27.7 Å². The maximum Gasteiger partial charge on any atom is 0.335 e. The van der Waals surface area contributed by atoms with E-state index in [0.717, 1.165) is 0 Å². The summed E-state index contributed by atoms with van der Waals surface area (Å²) in [6, 6.07) is 9.38. The number of nitrogens with zero attached hydrogens (tertiary/aromatic N) is 2. The summed E-state index contributed by atoms with van der Waals surface area (Å²) in [5.41, 5.74) is 2.00. The van der Waals surface area contributed by atoms with Crippen molar-refractivity contribution < 1.29 is 14.7 Å². The Hall–Kier alpha value is -2.86. The molecule has 116 valence electrons. The first kappa shape index (κ1) is 15.1. The molecule has 3 aromatic rings. The fourth-order valence-electron chi connectivity index (χ4n) is 2.33. The molecule has 0 saturated carbocycles. The topological polar surface area (TPSA) is 83.7 Å². The van der Waals surface area contributed by atoms with Gasteiger partial charge in [0.05, 0.1) is 11.3 Å². The zero-order valence-corrected chi connectivity index (χ0v) is 12.8. The zero-order chi connectivity index (χ0) is 16.6. The van der Waals surface area contributed by atoms with Crippen molar-refractivity contribution in [1.82, 2.24) is 9.38 Å². The van der Waals surface area contributed by atoms with Crippen LogP contribution in [0.3, 0.4) is 0 Å². The Morgan fingerprint density at radius 1 is 1.26 bits per heavy atom. The Labute approximate surface area is 136 Å². The van der Waals surface area contributed by atoms with Crippen LogP contribution in [0.2, 0.25) is 5.02 Å². The van der Waals surface area contributed by atoms with Crippen molar-refractivity contribution in [2.45, 2.75) is 6.92 Å². The SMILES string of the molecule is Cc1nc2cc(Cl)ccn2c1C(=O)Nc1cccc(C(=O)O)c1. The fourth-order valence-corrected chi connectivity index (χ4v) is 2.49. The van der Waals surface area contributed by atoms with E-state index in [1.165, 1.54) is 12.1 Å². The summed E-state index contributed by atoms with van der Waals surface area (Å²) >= 11 is 5.93.